The standard InChI is InChI=1S/C16H21BrN2O2/c1-12(20)18-10-13-6-8-19(9-7-13)11-16(21)14-4-2-3-5-15(14)17/h2-5,13H,6-11H2,1H3,(H,18,20). The van der Waals surface area contributed by atoms with E-state index >= 15 is 0 Å². The van der Waals surface area contributed by atoms with E-state index in [-0.39, 0.29) is 11.7 Å². The fourth-order valence-corrected chi connectivity index (χ4v) is 3.12. The average Bonchev–Trinajstić information content (AvgIpc) is 2.47. The van der Waals surface area contributed by atoms with E-state index in [0.717, 1.165) is 42.5 Å². The second-order valence-corrected chi connectivity index (χ2v) is 6.41. The zero-order valence-corrected chi connectivity index (χ0v) is 13.9. The van der Waals surface area contributed by atoms with E-state index in [2.05, 4.69) is 26.1 Å². The largest absolute Gasteiger partial charge is 0.356 e. The molecular formula is C16H21BrN2O2. The van der Waals surface area contributed by atoms with Crippen molar-refractivity contribution < 1.29 is 9.59 Å². The fourth-order valence-electron chi connectivity index (χ4n) is 2.61. The van der Waals surface area contributed by atoms with Gasteiger partial charge in [0.1, 0.15) is 0 Å². The lowest BCUT2D eigenvalue weighted by molar-refractivity contribution is -0.119. The molecule has 1 fully saturated rings. The Morgan fingerprint density at radius 1 is 1.29 bits per heavy atom. The first-order valence-electron chi connectivity index (χ1n) is 7.31. The molecule has 1 aliphatic rings. The summed E-state index contributed by atoms with van der Waals surface area (Å²) in [7, 11) is 0. The van der Waals surface area contributed by atoms with Gasteiger partial charge in [0.2, 0.25) is 5.91 Å². The van der Waals surface area contributed by atoms with Gasteiger partial charge in [0.15, 0.2) is 5.78 Å². The predicted molar refractivity (Wildman–Crippen MR) is 86.3 cm³/mol. The normalized spacial score (nSPS) is 16.7. The lowest BCUT2D eigenvalue weighted by atomic mass is 9.96. The monoisotopic (exact) mass is 352 g/mol. The van der Waals surface area contributed by atoms with Gasteiger partial charge in [-0.05, 0) is 37.9 Å². The molecule has 0 saturated carbocycles. The molecule has 1 amide bonds. The fraction of sp³-hybridized carbons (Fsp3) is 0.500. The van der Waals surface area contributed by atoms with Crippen molar-refractivity contribution in [2.24, 2.45) is 5.92 Å². The van der Waals surface area contributed by atoms with Crippen LogP contribution in [0.2, 0.25) is 0 Å². The summed E-state index contributed by atoms with van der Waals surface area (Å²) in [6.07, 6.45) is 2.06. The van der Waals surface area contributed by atoms with Crippen molar-refractivity contribution in [1.82, 2.24) is 10.2 Å². The Kier molecular flexibility index (Phi) is 5.94. The number of nitrogens with one attached hydrogen (secondary N) is 1. The quantitative estimate of drug-likeness (QED) is 0.828. The smallest absolute Gasteiger partial charge is 0.216 e. The summed E-state index contributed by atoms with van der Waals surface area (Å²) in [4.78, 5) is 25.4. The number of benzene rings is 1. The number of nitrogens with zero attached hydrogens (tertiary/aromatic N) is 1. The van der Waals surface area contributed by atoms with Crippen molar-refractivity contribution in [2.75, 3.05) is 26.2 Å². The summed E-state index contributed by atoms with van der Waals surface area (Å²) >= 11 is 3.43. The first-order valence-corrected chi connectivity index (χ1v) is 8.10. The number of carbonyl (C=O) groups is 2. The second-order valence-electron chi connectivity index (χ2n) is 5.56. The summed E-state index contributed by atoms with van der Waals surface area (Å²) in [5.74, 6) is 0.716. The van der Waals surface area contributed by atoms with E-state index in [1.807, 2.05) is 24.3 Å². The van der Waals surface area contributed by atoms with E-state index in [4.69, 9.17) is 0 Å². The molecule has 4 nitrogen and oxygen atoms in total. The average molecular weight is 353 g/mol. The SMILES string of the molecule is CC(=O)NCC1CCN(CC(=O)c2ccccc2Br)CC1. The Hall–Kier alpha value is -1.20. The van der Waals surface area contributed by atoms with E-state index in [1.54, 1.807) is 6.92 Å². The van der Waals surface area contributed by atoms with Gasteiger partial charge >= 0.3 is 0 Å². The van der Waals surface area contributed by atoms with Crippen molar-refractivity contribution in [2.45, 2.75) is 19.8 Å². The van der Waals surface area contributed by atoms with Crippen LogP contribution in [0.4, 0.5) is 0 Å². The molecule has 1 saturated heterocycles. The number of hydrogen-bond donors (Lipinski definition) is 1. The van der Waals surface area contributed by atoms with Crippen molar-refractivity contribution in [3.63, 3.8) is 0 Å². The third kappa shape index (κ3) is 4.93. The minimum atomic E-state index is 0.0292. The van der Waals surface area contributed by atoms with E-state index in [1.165, 1.54) is 0 Å². The van der Waals surface area contributed by atoms with Crippen LogP contribution in [0, 0.1) is 5.92 Å². The molecule has 0 aliphatic carbocycles. The first kappa shape index (κ1) is 16.2. The predicted octanol–water partition coefficient (Wildman–Crippen LogP) is 2.48. The van der Waals surface area contributed by atoms with Crippen LogP contribution >= 0.6 is 15.9 Å². The summed E-state index contributed by atoms with van der Waals surface area (Å²) in [5, 5.41) is 2.87. The van der Waals surface area contributed by atoms with Crippen molar-refractivity contribution in [3.05, 3.63) is 34.3 Å². The van der Waals surface area contributed by atoms with Crippen molar-refractivity contribution in [1.29, 1.82) is 0 Å². The molecule has 1 aromatic carbocycles. The highest BCUT2D eigenvalue weighted by Gasteiger charge is 2.21. The van der Waals surface area contributed by atoms with Gasteiger partial charge in [-0.25, -0.2) is 0 Å². The Bertz CT molecular complexity index is 511. The van der Waals surface area contributed by atoms with Gasteiger partial charge in [-0.1, -0.05) is 34.1 Å². The van der Waals surface area contributed by atoms with Crippen LogP contribution in [0.25, 0.3) is 0 Å². The van der Waals surface area contributed by atoms with E-state index in [9.17, 15) is 9.59 Å². The maximum absolute atomic E-state index is 12.3. The number of Topliss-reactive ketones (excluding diaryl/α,β-unsaturated/α-hetero) is 1. The highest BCUT2D eigenvalue weighted by atomic mass is 79.9. The van der Waals surface area contributed by atoms with Crippen LogP contribution in [0.3, 0.4) is 0 Å². The Morgan fingerprint density at radius 3 is 2.57 bits per heavy atom. The van der Waals surface area contributed by atoms with Gasteiger partial charge in [0.25, 0.3) is 0 Å². The summed E-state index contributed by atoms with van der Waals surface area (Å²) in [5.41, 5.74) is 0.748. The zero-order valence-electron chi connectivity index (χ0n) is 12.3. The molecular weight excluding hydrogens is 332 g/mol. The highest BCUT2D eigenvalue weighted by Crippen LogP contribution is 2.19. The van der Waals surface area contributed by atoms with Crippen LogP contribution in [0.5, 0.6) is 0 Å². The molecule has 0 atom stereocenters. The molecule has 2 rings (SSSR count). The van der Waals surface area contributed by atoms with Crippen LogP contribution in [-0.4, -0.2) is 42.8 Å². The van der Waals surface area contributed by atoms with E-state index in [0.29, 0.717) is 12.5 Å². The van der Waals surface area contributed by atoms with Crippen LogP contribution < -0.4 is 5.32 Å². The van der Waals surface area contributed by atoms with Crippen LogP contribution in [0.1, 0.15) is 30.1 Å². The number of rotatable bonds is 5. The molecule has 0 radical (unpaired) electrons. The van der Waals surface area contributed by atoms with Crippen molar-refractivity contribution >= 4 is 27.6 Å². The first-order chi connectivity index (χ1) is 10.1. The molecule has 1 N–H and O–H groups in total. The van der Waals surface area contributed by atoms with Gasteiger partial charge in [0, 0.05) is 23.5 Å². The van der Waals surface area contributed by atoms with Gasteiger partial charge in [0.05, 0.1) is 6.54 Å². The lowest BCUT2D eigenvalue weighted by Gasteiger charge is -2.31. The van der Waals surface area contributed by atoms with Crippen LogP contribution in [-0.2, 0) is 4.79 Å². The number of likely N-dealkylation sites (tertiary alicyclic amines) is 1. The molecule has 1 aliphatic heterocycles. The van der Waals surface area contributed by atoms with Gasteiger partial charge in [-0.3, -0.25) is 14.5 Å². The maximum atomic E-state index is 12.3. The molecule has 1 heterocycles. The number of halogens is 1. The topological polar surface area (TPSA) is 49.4 Å². The molecule has 0 unspecified atom stereocenters. The van der Waals surface area contributed by atoms with Gasteiger partial charge in [-0.15, -0.1) is 0 Å². The van der Waals surface area contributed by atoms with Crippen molar-refractivity contribution in [3.8, 4) is 0 Å². The molecule has 1 aromatic rings. The number of hydrogen-bond acceptors (Lipinski definition) is 3. The molecule has 0 bridgehead atoms. The Balaban J connectivity index is 1.80. The third-order valence-electron chi connectivity index (χ3n) is 3.89. The number of amides is 1. The Morgan fingerprint density at radius 2 is 1.95 bits per heavy atom. The molecule has 114 valence electrons. The summed E-state index contributed by atoms with van der Waals surface area (Å²) < 4.78 is 0.857. The van der Waals surface area contributed by atoms with Gasteiger partial charge < -0.3 is 5.32 Å². The van der Waals surface area contributed by atoms with Crippen LogP contribution in [0.15, 0.2) is 28.7 Å². The minimum absolute atomic E-state index is 0.0292. The third-order valence-corrected chi connectivity index (χ3v) is 4.58. The summed E-state index contributed by atoms with van der Waals surface area (Å²) in [6.45, 7) is 4.60. The lowest BCUT2D eigenvalue weighted by Crippen LogP contribution is -2.40. The molecule has 0 aromatic heterocycles. The maximum Gasteiger partial charge on any atom is 0.216 e. The molecule has 21 heavy (non-hydrogen) atoms. The second kappa shape index (κ2) is 7.71. The Labute approximate surface area is 134 Å². The molecule has 5 heteroatoms. The highest BCUT2D eigenvalue weighted by molar-refractivity contribution is 9.10. The summed E-state index contributed by atoms with van der Waals surface area (Å²) in [6, 6.07) is 7.55. The number of carbonyl (C=O) groups excluding carboxylic acids is 2. The number of ketones is 1. The van der Waals surface area contributed by atoms with Gasteiger partial charge in [-0.2, -0.15) is 0 Å². The van der Waals surface area contributed by atoms with E-state index < -0.39 is 0 Å². The molecule has 0 spiro atoms. The minimum Gasteiger partial charge on any atom is -0.356 e. The zero-order chi connectivity index (χ0) is 15.2. The number of piperidine rings is 1.